The van der Waals surface area contributed by atoms with E-state index in [0.717, 1.165) is 44.9 Å². The van der Waals surface area contributed by atoms with E-state index in [0.29, 0.717) is 19.4 Å². The summed E-state index contributed by atoms with van der Waals surface area (Å²) in [6.45, 7) is 2.36. The Hall–Kier alpha value is -1.14. The predicted molar refractivity (Wildman–Crippen MR) is 179 cm³/mol. The Morgan fingerprint density at radius 1 is 0.465 bits per heavy atom. The molecule has 2 N–H and O–H groups in total. The van der Waals surface area contributed by atoms with Gasteiger partial charge < -0.3 is 19.7 Å². The lowest BCUT2D eigenvalue weighted by Gasteiger charge is -2.08. The van der Waals surface area contributed by atoms with Gasteiger partial charge in [0.15, 0.2) is 0 Å². The highest BCUT2D eigenvalue weighted by Gasteiger charge is 2.07. The van der Waals surface area contributed by atoms with Crippen LogP contribution in [-0.2, 0) is 19.1 Å². The monoisotopic (exact) mass is 613 g/mol. The molecule has 1 atom stereocenters. The summed E-state index contributed by atoms with van der Waals surface area (Å²) >= 11 is 0. The Balaban J connectivity index is 3.20. The first-order valence-electron chi connectivity index (χ1n) is 18.7. The first-order valence-corrected chi connectivity index (χ1v) is 18.7. The number of unbranched alkanes of at least 4 members (excludes halogenated alkanes) is 26. The van der Waals surface area contributed by atoms with E-state index in [1.165, 1.54) is 135 Å². The largest absolute Gasteiger partial charge is 0.466 e. The van der Waals surface area contributed by atoms with Crippen molar-refractivity contribution in [3.8, 4) is 0 Å². The van der Waals surface area contributed by atoms with E-state index >= 15 is 0 Å². The maximum atomic E-state index is 11.9. The van der Waals surface area contributed by atoms with Crippen LogP contribution in [0.4, 0.5) is 0 Å². The molecule has 6 nitrogen and oxygen atoms in total. The highest BCUT2D eigenvalue weighted by atomic mass is 16.5. The van der Waals surface area contributed by atoms with Crippen molar-refractivity contribution in [1.29, 1.82) is 0 Å². The summed E-state index contributed by atoms with van der Waals surface area (Å²) in [4.78, 5) is 23.4. The van der Waals surface area contributed by atoms with Crippen LogP contribution in [0, 0.1) is 0 Å². The molecule has 0 heterocycles. The van der Waals surface area contributed by atoms with E-state index in [9.17, 15) is 9.59 Å². The molecule has 0 saturated carbocycles. The van der Waals surface area contributed by atoms with Crippen molar-refractivity contribution in [2.24, 2.45) is 0 Å². The molecular formula is C37H72O6. The third kappa shape index (κ3) is 35.2. The highest BCUT2D eigenvalue weighted by molar-refractivity contribution is 5.69. The third-order valence-electron chi connectivity index (χ3n) is 8.42. The predicted octanol–water partition coefficient (Wildman–Crippen LogP) is 10.1. The lowest BCUT2D eigenvalue weighted by Crippen LogP contribution is -2.21. The number of aliphatic hydroxyl groups is 2. The highest BCUT2D eigenvalue weighted by Crippen LogP contribution is 2.15. The number of ether oxygens (including phenoxy) is 2. The van der Waals surface area contributed by atoms with Crippen molar-refractivity contribution in [3.05, 3.63) is 0 Å². The summed E-state index contributed by atoms with van der Waals surface area (Å²) in [6, 6.07) is 0. The summed E-state index contributed by atoms with van der Waals surface area (Å²) in [5, 5.41) is 17.9. The topological polar surface area (TPSA) is 93.1 Å². The fraction of sp³-hybridized carbons (Fsp3) is 0.946. The molecule has 0 spiro atoms. The summed E-state index contributed by atoms with van der Waals surface area (Å²) in [6.07, 6.45) is 35.5. The molecule has 6 heteroatoms. The second-order valence-electron chi connectivity index (χ2n) is 12.8. The van der Waals surface area contributed by atoms with Crippen molar-refractivity contribution in [2.45, 2.75) is 206 Å². The molecule has 0 aliphatic heterocycles. The van der Waals surface area contributed by atoms with E-state index in [-0.39, 0.29) is 25.2 Å². The number of hydrogen-bond donors (Lipinski definition) is 2. The summed E-state index contributed by atoms with van der Waals surface area (Å²) < 4.78 is 10.3. The van der Waals surface area contributed by atoms with Crippen LogP contribution >= 0.6 is 0 Å². The SMILES string of the molecule is CCCCCCCCCCCCCCCCCC(=O)OCCCCCCCCCCCCCCCC(=O)OCC(O)CO. The molecule has 256 valence electrons. The van der Waals surface area contributed by atoms with Gasteiger partial charge in [-0.15, -0.1) is 0 Å². The lowest BCUT2D eigenvalue weighted by atomic mass is 10.0. The fourth-order valence-corrected chi connectivity index (χ4v) is 5.53. The van der Waals surface area contributed by atoms with Crippen LogP contribution in [-0.4, -0.2) is 48.1 Å². The van der Waals surface area contributed by atoms with Gasteiger partial charge >= 0.3 is 11.9 Å². The van der Waals surface area contributed by atoms with E-state index < -0.39 is 6.10 Å². The van der Waals surface area contributed by atoms with Crippen LogP contribution < -0.4 is 0 Å². The average molecular weight is 613 g/mol. The molecular weight excluding hydrogens is 540 g/mol. The molecule has 0 radical (unpaired) electrons. The van der Waals surface area contributed by atoms with E-state index in [1.807, 2.05) is 0 Å². The van der Waals surface area contributed by atoms with E-state index in [2.05, 4.69) is 6.92 Å². The normalized spacial score (nSPS) is 12.0. The van der Waals surface area contributed by atoms with E-state index in [1.54, 1.807) is 0 Å². The number of rotatable bonds is 35. The standard InChI is InChI=1S/C37H72O6/c1-2-3-4-5-6-7-8-9-10-12-15-18-21-24-27-30-36(40)42-32-29-26-23-20-17-14-11-13-16-19-22-25-28-31-37(41)43-34-35(39)33-38/h35,38-39H,2-34H2,1H3. The Morgan fingerprint density at radius 3 is 1.12 bits per heavy atom. The molecule has 0 bridgehead atoms. The zero-order valence-electron chi connectivity index (χ0n) is 28.4. The number of aliphatic hydroxyl groups excluding tert-OH is 2. The van der Waals surface area contributed by atoms with Crippen LogP contribution in [0.5, 0.6) is 0 Å². The molecule has 0 amide bonds. The number of carbonyl (C=O) groups excluding carboxylic acids is 2. The van der Waals surface area contributed by atoms with Gasteiger partial charge in [0.2, 0.25) is 0 Å². The van der Waals surface area contributed by atoms with Crippen LogP contribution in [0.25, 0.3) is 0 Å². The van der Waals surface area contributed by atoms with Gasteiger partial charge in [-0.3, -0.25) is 9.59 Å². The zero-order chi connectivity index (χ0) is 31.5. The van der Waals surface area contributed by atoms with Gasteiger partial charge in [-0.1, -0.05) is 167 Å². The average Bonchev–Trinajstić information content (AvgIpc) is 3.01. The van der Waals surface area contributed by atoms with Gasteiger partial charge in [-0.2, -0.15) is 0 Å². The van der Waals surface area contributed by atoms with Crippen molar-refractivity contribution < 1.29 is 29.3 Å². The quantitative estimate of drug-likeness (QED) is 0.0546. The first kappa shape index (κ1) is 41.9. The van der Waals surface area contributed by atoms with Gasteiger partial charge in [0.05, 0.1) is 13.2 Å². The van der Waals surface area contributed by atoms with Crippen LogP contribution in [0.3, 0.4) is 0 Å². The maximum Gasteiger partial charge on any atom is 0.305 e. The Bertz CT molecular complexity index is 581. The third-order valence-corrected chi connectivity index (χ3v) is 8.42. The summed E-state index contributed by atoms with van der Waals surface area (Å²) in [5.41, 5.74) is 0. The van der Waals surface area contributed by atoms with Gasteiger partial charge in [-0.05, 0) is 19.3 Å². The first-order chi connectivity index (χ1) is 21.1. The Labute approximate surface area is 266 Å². The van der Waals surface area contributed by atoms with E-state index in [4.69, 9.17) is 19.7 Å². The molecule has 0 aromatic heterocycles. The van der Waals surface area contributed by atoms with Crippen LogP contribution in [0.1, 0.15) is 200 Å². The minimum absolute atomic E-state index is 0.00724. The van der Waals surface area contributed by atoms with Gasteiger partial charge in [0.1, 0.15) is 12.7 Å². The summed E-state index contributed by atoms with van der Waals surface area (Å²) in [5.74, 6) is -0.300. The number of carbonyl (C=O) groups is 2. The van der Waals surface area contributed by atoms with Gasteiger partial charge in [-0.25, -0.2) is 0 Å². The van der Waals surface area contributed by atoms with Crippen LogP contribution in [0.15, 0.2) is 0 Å². The molecule has 43 heavy (non-hydrogen) atoms. The second-order valence-corrected chi connectivity index (χ2v) is 12.8. The number of hydrogen-bond acceptors (Lipinski definition) is 6. The molecule has 0 fully saturated rings. The smallest absolute Gasteiger partial charge is 0.305 e. The Kier molecular flexibility index (Phi) is 34.4. The second kappa shape index (κ2) is 35.3. The minimum atomic E-state index is -0.973. The number of esters is 2. The molecule has 0 aliphatic rings. The van der Waals surface area contributed by atoms with Crippen molar-refractivity contribution in [2.75, 3.05) is 19.8 Å². The molecule has 0 saturated heterocycles. The van der Waals surface area contributed by atoms with Gasteiger partial charge in [0, 0.05) is 12.8 Å². The van der Waals surface area contributed by atoms with Crippen molar-refractivity contribution in [3.63, 3.8) is 0 Å². The molecule has 0 aromatic carbocycles. The maximum absolute atomic E-state index is 11.9. The molecule has 0 aromatic rings. The Morgan fingerprint density at radius 2 is 0.767 bits per heavy atom. The van der Waals surface area contributed by atoms with Crippen molar-refractivity contribution >= 4 is 11.9 Å². The molecule has 0 aliphatic carbocycles. The lowest BCUT2D eigenvalue weighted by molar-refractivity contribution is -0.147. The zero-order valence-corrected chi connectivity index (χ0v) is 28.4. The van der Waals surface area contributed by atoms with Crippen LogP contribution in [0.2, 0.25) is 0 Å². The summed E-state index contributed by atoms with van der Waals surface area (Å²) in [7, 11) is 0. The minimum Gasteiger partial charge on any atom is -0.466 e. The van der Waals surface area contributed by atoms with Crippen molar-refractivity contribution in [1.82, 2.24) is 0 Å². The molecule has 0 rings (SSSR count). The van der Waals surface area contributed by atoms with Gasteiger partial charge in [0.25, 0.3) is 0 Å². The fourth-order valence-electron chi connectivity index (χ4n) is 5.53. The molecule has 1 unspecified atom stereocenters.